The molecule has 21 heavy (non-hydrogen) atoms. The molecule has 5 nitrogen and oxygen atoms in total. The van der Waals surface area contributed by atoms with Crippen LogP contribution in [0.5, 0.6) is 5.75 Å². The highest BCUT2D eigenvalue weighted by atomic mass is 16.5. The van der Waals surface area contributed by atoms with Crippen molar-refractivity contribution in [2.75, 3.05) is 25.3 Å². The summed E-state index contributed by atoms with van der Waals surface area (Å²) in [5.41, 5.74) is 8.43. The van der Waals surface area contributed by atoms with Crippen LogP contribution >= 0.6 is 0 Å². The van der Waals surface area contributed by atoms with Gasteiger partial charge in [0, 0.05) is 17.9 Å². The van der Waals surface area contributed by atoms with Crippen LogP contribution < -0.4 is 15.8 Å². The molecule has 0 unspecified atom stereocenters. The lowest BCUT2D eigenvalue weighted by Crippen LogP contribution is -2.07. The van der Waals surface area contributed by atoms with E-state index in [1.165, 1.54) is 7.11 Å². The predicted octanol–water partition coefficient (Wildman–Crippen LogP) is 2.68. The van der Waals surface area contributed by atoms with Gasteiger partial charge in [0.2, 0.25) is 0 Å². The maximum absolute atomic E-state index is 11.6. The predicted molar refractivity (Wildman–Crippen MR) is 82.5 cm³/mol. The van der Waals surface area contributed by atoms with Gasteiger partial charge in [-0.3, -0.25) is 0 Å². The fraction of sp³-hybridized carbons (Fsp3) is 0.188. The number of anilines is 2. The first-order chi connectivity index (χ1) is 10.1. The minimum absolute atomic E-state index is 0.359. The molecule has 0 radical (unpaired) electrons. The largest absolute Gasteiger partial charge is 0.497 e. The number of carbonyl (C=O) groups excluding carboxylic acids is 1. The van der Waals surface area contributed by atoms with Gasteiger partial charge in [-0.2, -0.15) is 0 Å². The zero-order valence-corrected chi connectivity index (χ0v) is 12.1. The van der Waals surface area contributed by atoms with Crippen LogP contribution in [0, 0.1) is 0 Å². The van der Waals surface area contributed by atoms with Crippen LogP contribution in [0.25, 0.3) is 0 Å². The van der Waals surface area contributed by atoms with Gasteiger partial charge in [-0.05, 0) is 35.9 Å². The molecule has 0 atom stereocenters. The summed E-state index contributed by atoms with van der Waals surface area (Å²) < 4.78 is 9.81. The third-order valence-corrected chi connectivity index (χ3v) is 3.11. The van der Waals surface area contributed by atoms with Gasteiger partial charge >= 0.3 is 5.97 Å². The van der Waals surface area contributed by atoms with Crippen LogP contribution in [0.3, 0.4) is 0 Å². The number of carbonyl (C=O) groups is 1. The molecule has 2 rings (SSSR count). The van der Waals surface area contributed by atoms with E-state index in [4.69, 9.17) is 15.2 Å². The molecular weight excluding hydrogens is 268 g/mol. The minimum atomic E-state index is -0.444. The average molecular weight is 286 g/mol. The van der Waals surface area contributed by atoms with E-state index >= 15 is 0 Å². The van der Waals surface area contributed by atoms with Crippen molar-refractivity contribution in [1.82, 2.24) is 0 Å². The van der Waals surface area contributed by atoms with E-state index in [9.17, 15) is 4.79 Å². The van der Waals surface area contributed by atoms with Crippen molar-refractivity contribution in [2.24, 2.45) is 0 Å². The lowest BCUT2D eigenvalue weighted by atomic mass is 10.1. The third-order valence-electron chi connectivity index (χ3n) is 3.11. The van der Waals surface area contributed by atoms with Crippen molar-refractivity contribution in [3.8, 4) is 5.75 Å². The molecule has 0 amide bonds. The zero-order chi connectivity index (χ0) is 15.2. The average Bonchev–Trinajstić information content (AvgIpc) is 2.53. The molecule has 0 saturated heterocycles. The maximum Gasteiger partial charge on any atom is 0.340 e. The van der Waals surface area contributed by atoms with E-state index in [2.05, 4.69) is 5.32 Å². The molecule has 0 saturated carbocycles. The van der Waals surface area contributed by atoms with Gasteiger partial charge in [-0.15, -0.1) is 0 Å². The fourth-order valence-electron chi connectivity index (χ4n) is 1.90. The molecule has 0 aromatic heterocycles. The van der Waals surface area contributed by atoms with E-state index in [0.717, 1.165) is 17.0 Å². The monoisotopic (exact) mass is 286 g/mol. The van der Waals surface area contributed by atoms with Crippen LogP contribution in [0.4, 0.5) is 11.4 Å². The van der Waals surface area contributed by atoms with Crippen LogP contribution in [0.15, 0.2) is 42.5 Å². The number of benzene rings is 2. The van der Waals surface area contributed by atoms with Gasteiger partial charge in [-0.1, -0.05) is 12.1 Å². The highest BCUT2D eigenvalue weighted by molar-refractivity contribution is 5.96. The second-order valence-corrected chi connectivity index (χ2v) is 4.50. The molecule has 0 fully saturated rings. The highest BCUT2D eigenvalue weighted by Crippen LogP contribution is 2.20. The maximum atomic E-state index is 11.6. The third kappa shape index (κ3) is 3.66. The quantitative estimate of drug-likeness (QED) is 0.653. The van der Waals surface area contributed by atoms with E-state index in [1.807, 2.05) is 30.3 Å². The lowest BCUT2D eigenvalue weighted by Gasteiger charge is -2.10. The highest BCUT2D eigenvalue weighted by Gasteiger charge is 2.10. The van der Waals surface area contributed by atoms with Gasteiger partial charge in [0.05, 0.1) is 19.8 Å². The fourth-order valence-corrected chi connectivity index (χ4v) is 1.90. The Morgan fingerprint density at radius 2 is 1.86 bits per heavy atom. The molecule has 0 spiro atoms. The summed E-state index contributed by atoms with van der Waals surface area (Å²) in [4.78, 5) is 11.6. The molecule has 2 aromatic carbocycles. The summed E-state index contributed by atoms with van der Waals surface area (Å²) in [6.45, 7) is 0.633. The molecule has 0 bridgehead atoms. The number of nitrogens with one attached hydrogen (secondary N) is 1. The zero-order valence-electron chi connectivity index (χ0n) is 12.1. The van der Waals surface area contributed by atoms with Crippen LogP contribution in [-0.4, -0.2) is 20.2 Å². The number of methoxy groups -OCH3 is 2. The first-order valence-electron chi connectivity index (χ1n) is 6.48. The first-order valence-corrected chi connectivity index (χ1v) is 6.48. The number of hydrogen-bond donors (Lipinski definition) is 2. The standard InChI is InChI=1S/C16H18N2O3/c1-20-13-6-3-11(4-7-13)10-18-12-5-8-15(17)14(9-12)16(19)21-2/h3-9,18H,10,17H2,1-2H3. The van der Waals surface area contributed by atoms with Crippen LogP contribution in [0.2, 0.25) is 0 Å². The summed E-state index contributed by atoms with van der Waals surface area (Å²) in [5, 5.41) is 3.24. The number of esters is 1. The van der Waals surface area contributed by atoms with Gasteiger partial charge in [0.15, 0.2) is 0 Å². The lowest BCUT2D eigenvalue weighted by molar-refractivity contribution is 0.0602. The van der Waals surface area contributed by atoms with Crippen LogP contribution in [0.1, 0.15) is 15.9 Å². The summed E-state index contributed by atoms with van der Waals surface area (Å²) in [6, 6.07) is 13.0. The molecular formula is C16H18N2O3. The molecule has 110 valence electrons. The Bertz CT molecular complexity index is 624. The Morgan fingerprint density at radius 1 is 1.14 bits per heavy atom. The molecule has 0 heterocycles. The van der Waals surface area contributed by atoms with Gasteiger partial charge in [0.25, 0.3) is 0 Å². The number of nitrogen functional groups attached to an aromatic ring is 1. The number of hydrogen-bond acceptors (Lipinski definition) is 5. The van der Waals surface area contributed by atoms with E-state index in [-0.39, 0.29) is 0 Å². The van der Waals surface area contributed by atoms with E-state index in [0.29, 0.717) is 17.8 Å². The topological polar surface area (TPSA) is 73.6 Å². The molecule has 3 N–H and O–H groups in total. The van der Waals surface area contributed by atoms with Crippen molar-refractivity contribution >= 4 is 17.3 Å². The Hall–Kier alpha value is -2.69. The van der Waals surface area contributed by atoms with E-state index in [1.54, 1.807) is 19.2 Å². The van der Waals surface area contributed by atoms with Gasteiger partial charge in [0.1, 0.15) is 5.75 Å². The molecule has 2 aromatic rings. The molecule has 0 aliphatic rings. The van der Waals surface area contributed by atoms with Gasteiger partial charge in [-0.25, -0.2) is 4.79 Å². The second-order valence-electron chi connectivity index (χ2n) is 4.50. The summed E-state index contributed by atoms with van der Waals surface area (Å²) in [7, 11) is 2.97. The normalized spacial score (nSPS) is 10.0. The second kappa shape index (κ2) is 6.65. The Morgan fingerprint density at radius 3 is 2.48 bits per heavy atom. The van der Waals surface area contributed by atoms with Crippen LogP contribution in [-0.2, 0) is 11.3 Å². The molecule has 5 heteroatoms. The number of ether oxygens (including phenoxy) is 2. The van der Waals surface area contributed by atoms with Crippen molar-refractivity contribution < 1.29 is 14.3 Å². The summed E-state index contributed by atoms with van der Waals surface area (Å²) in [5.74, 6) is 0.375. The van der Waals surface area contributed by atoms with Gasteiger partial charge < -0.3 is 20.5 Å². The summed E-state index contributed by atoms with van der Waals surface area (Å²) >= 11 is 0. The van der Waals surface area contributed by atoms with E-state index < -0.39 is 5.97 Å². The number of rotatable bonds is 5. The van der Waals surface area contributed by atoms with Crippen molar-refractivity contribution in [2.45, 2.75) is 6.54 Å². The number of nitrogens with two attached hydrogens (primary N) is 1. The minimum Gasteiger partial charge on any atom is -0.497 e. The Labute approximate surface area is 123 Å². The molecule has 0 aliphatic carbocycles. The van der Waals surface area contributed by atoms with Crippen molar-refractivity contribution in [3.63, 3.8) is 0 Å². The Balaban J connectivity index is 2.07. The van der Waals surface area contributed by atoms with Crippen molar-refractivity contribution in [1.29, 1.82) is 0 Å². The summed E-state index contributed by atoms with van der Waals surface area (Å²) in [6.07, 6.45) is 0. The first kappa shape index (κ1) is 14.7. The Kier molecular flexibility index (Phi) is 4.66. The van der Waals surface area contributed by atoms with Crippen molar-refractivity contribution in [3.05, 3.63) is 53.6 Å². The molecule has 0 aliphatic heterocycles. The smallest absolute Gasteiger partial charge is 0.340 e. The SMILES string of the molecule is COC(=O)c1cc(NCc2ccc(OC)cc2)ccc1N.